The minimum atomic E-state index is 0.394. The van der Waals surface area contributed by atoms with E-state index in [4.69, 9.17) is 9.84 Å². The van der Waals surface area contributed by atoms with Crippen LogP contribution in [0.1, 0.15) is 42.1 Å². The first-order valence-electron chi connectivity index (χ1n) is 10.7. The first-order valence-corrected chi connectivity index (χ1v) is 10.7. The lowest BCUT2D eigenvalue weighted by atomic mass is 10.0. The molecule has 0 bridgehead atoms. The number of ether oxygens (including phenoxy) is 1. The topological polar surface area (TPSA) is 60.1 Å². The molecule has 1 fully saturated rings. The van der Waals surface area contributed by atoms with Gasteiger partial charge in [-0.25, -0.2) is 4.98 Å². The Balaban J connectivity index is 1.41. The number of morpholine rings is 1. The van der Waals surface area contributed by atoms with Crippen LogP contribution in [0, 0.1) is 0 Å². The number of hydrogen-bond donors (Lipinski definition) is 1. The zero-order valence-electron chi connectivity index (χ0n) is 18.2. The normalized spacial score (nSPS) is 14.6. The van der Waals surface area contributed by atoms with Gasteiger partial charge in [-0.2, -0.15) is 5.10 Å². The van der Waals surface area contributed by atoms with Crippen LogP contribution < -0.4 is 10.2 Å². The van der Waals surface area contributed by atoms with Crippen LogP contribution in [-0.2, 0) is 31.4 Å². The van der Waals surface area contributed by atoms with E-state index < -0.39 is 0 Å². The number of rotatable bonds is 8. The van der Waals surface area contributed by atoms with Gasteiger partial charge in [0.15, 0.2) is 0 Å². The molecule has 3 aromatic rings. The van der Waals surface area contributed by atoms with Gasteiger partial charge in [-0.05, 0) is 17.0 Å². The van der Waals surface area contributed by atoms with Crippen LogP contribution in [0.5, 0.6) is 0 Å². The van der Waals surface area contributed by atoms with E-state index in [1.165, 1.54) is 28.2 Å². The summed E-state index contributed by atoms with van der Waals surface area (Å²) >= 11 is 0. The number of imidazole rings is 1. The largest absolute Gasteiger partial charge is 0.378 e. The molecule has 160 valence electrons. The van der Waals surface area contributed by atoms with E-state index in [2.05, 4.69) is 64.9 Å². The number of benzene rings is 1. The molecule has 1 N–H and O–H groups in total. The first-order chi connectivity index (χ1) is 14.6. The van der Waals surface area contributed by atoms with Crippen LogP contribution in [0.15, 0.2) is 43.0 Å². The second-order valence-corrected chi connectivity index (χ2v) is 8.22. The Morgan fingerprint density at radius 1 is 1.07 bits per heavy atom. The number of aromatic nitrogens is 4. The van der Waals surface area contributed by atoms with E-state index >= 15 is 0 Å². The molecule has 7 nitrogen and oxygen atoms in total. The van der Waals surface area contributed by atoms with Crippen molar-refractivity contribution in [3.8, 4) is 0 Å². The molecule has 0 atom stereocenters. The zero-order valence-corrected chi connectivity index (χ0v) is 18.2. The summed E-state index contributed by atoms with van der Waals surface area (Å²) in [5.41, 5.74) is 5.06. The van der Waals surface area contributed by atoms with Gasteiger partial charge >= 0.3 is 0 Å². The molecule has 4 rings (SSSR count). The molecule has 0 spiro atoms. The number of nitrogens with one attached hydrogen (secondary N) is 1. The lowest BCUT2D eigenvalue weighted by Gasteiger charge is -2.29. The fourth-order valence-electron chi connectivity index (χ4n) is 4.07. The van der Waals surface area contributed by atoms with E-state index in [0.717, 1.165) is 45.9 Å². The Morgan fingerprint density at radius 3 is 2.47 bits per heavy atom. The smallest absolute Gasteiger partial charge is 0.131 e. The lowest BCUT2D eigenvalue weighted by Crippen LogP contribution is -2.38. The first kappa shape index (κ1) is 20.6. The molecule has 0 amide bonds. The number of hydrogen-bond acceptors (Lipinski definition) is 5. The minimum absolute atomic E-state index is 0.394. The number of nitrogens with zero attached hydrogens (tertiary/aromatic N) is 5. The molecule has 1 saturated heterocycles. The van der Waals surface area contributed by atoms with Crippen LogP contribution in [0.25, 0.3) is 0 Å². The van der Waals surface area contributed by atoms with E-state index in [1.807, 2.05) is 23.4 Å². The third kappa shape index (κ3) is 4.74. The van der Waals surface area contributed by atoms with Crippen LogP contribution in [0.4, 0.5) is 5.82 Å². The molecule has 0 saturated carbocycles. The number of anilines is 1. The summed E-state index contributed by atoms with van der Waals surface area (Å²) in [5.74, 6) is 1.62. The quantitative estimate of drug-likeness (QED) is 0.621. The Labute approximate surface area is 178 Å². The fraction of sp³-hybridized carbons (Fsp3) is 0.478. The second-order valence-electron chi connectivity index (χ2n) is 8.22. The van der Waals surface area contributed by atoms with Gasteiger partial charge in [-0.3, -0.25) is 4.68 Å². The minimum Gasteiger partial charge on any atom is -0.378 e. The lowest BCUT2D eigenvalue weighted by molar-refractivity contribution is 0.122. The van der Waals surface area contributed by atoms with Gasteiger partial charge < -0.3 is 19.5 Å². The molecule has 0 unspecified atom stereocenters. The van der Waals surface area contributed by atoms with Crippen molar-refractivity contribution in [3.63, 3.8) is 0 Å². The molecule has 3 heterocycles. The summed E-state index contributed by atoms with van der Waals surface area (Å²) in [7, 11) is 2.05. The molecule has 7 heteroatoms. The Hall–Kier alpha value is -2.64. The molecule has 0 radical (unpaired) electrons. The van der Waals surface area contributed by atoms with Crippen LogP contribution in [0.3, 0.4) is 0 Å². The van der Waals surface area contributed by atoms with Gasteiger partial charge in [0, 0.05) is 57.7 Å². The van der Waals surface area contributed by atoms with Gasteiger partial charge in [0.05, 0.1) is 25.2 Å². The predicted molar refractivity (Wildman–Crippen MR) is 119 cm³/mol. The van der Waals surface area contributed by atoms with E-state index in [1.54, 1.807) is 0 Å². The van der Waals surface area contributed by atoms with Crippen molar-refractivity contribution in [1.82, 2.24) is 24.6 Å². The maximum Gasteiger partial charge on any atom is 0.131 e. The van der Waals surface area contributed by atoms with Gasteiger partial charge in [0.25, 0.3) is 0 Å². The molecule has 1 aliphatic rings. The van der Waals surface area contributed by atoms with Crippen molar-refractivity contribution >= 4 is 5.82 Å². The highest BCUT2D eigenvalue weighted by Gasteiger charge is 2.23. The van der Waals surface area contributed by atoms with Gasteiger partial charge in [0.2, 0.25) is 0 Å². The molecule has 30 heavy (non-hydrogen) atoms. The van der Waals surface area contributed by atoms with Gasteiger partial charge in [-0.1, -0.05) is 38.1 Å². The maximum atomic E-state index is 5.54. The van der Waals surface area contributed by atoms with Gasteiger partial charge in [0.1, 0.15) is 5.82 Å². The zero-order chi connectivity index (χ0) is 20.9. The summed E-state index contributed by atoms with van der Waals surface area (Å²) in [5, 5.41) is 8.49. The van der Waals surface area contributed by atoms with Crippen LogP contribution >= 0.6 is 0 Å². The summed E-state index contributed by atoms with van der Waals surface area (Å²) in [6, 6.07) is 8.79. The van der Waals surface area contributed by atoms with Crippen molar-refractivity contribution in [2.75, 3.05) is 31.2 Å². The van der Waals surface area contributed by atoms with E-state index in [0.29, 0.717) is 5.92 Å². The fourth-order valence-corrected chi connectivity index (χ4v) is 4.07. The molecular formula is C23H32N6O. The van der Waals surface area contributed by atoms with E-state index in [-0.39, 0.29) is 0 Å². The maximum absolute atomic E-state index is 5.54. The second kappa shape index (κ2) is 9.45. The summed E-state index contributed by atoms with van der Waals surface area (Å²) < 4.78 is 9.67. The van der Waals surface area contributed by atoms with Crippen LogP contribution in [-0.4, -0.2) is 45.6 Å². The monoisotopic (exact) mass is 408 g/mol. The molecule has 2 aromatic heterocycles. The van der Waals surface area contributed by atoms with Gasteiger partial charge in [-0.15, -0.1) is 0 Å². The molecule has 0 aliphatic carbocycles. The number of aryl methyl sites for hydroxylation is 1. The molecule has 1 aromatic carbocycles. The summed E-state index contributed by atoms with van der Waals surface area (Å²) in [6.45, 7) is 10.3. The standard InChI is InChI=1S/C23H32N6O/c1-18(2)22-21(23(27(3)26-22)29-10-12-30-13-11-29)15-25-14-19-4-6-20(7-5-19)16-28-9-8-24-17-28/h4-9,17-18,25H,10-16H2,1-3H3. The Morgan fingerprint density at radius 2 is 1.80 bits per heavy atom. The summed E-state index contributed by atoms with van der Waals surface area (Å²) in [6.07, 6.45) is 5.65. The van der Waals surface area contributed by atoms with Crippen molar-refractivity contribution in [2.24, 2.45) is 7.05 Å². The molecular weight excluding hydrogens is 376 g/mol. The van der Waals surface area contributed by atoms with E-state index in [9.17, 15) is 0 Å². The van der Waals surface area contributed by atoms with Crippen molar-refractivity contribution in [3.05, 3.63) is 65.4 Å². The third-order valence-corrected chi connectivity index (χ3v) is 5.58. The average Bonchev–Trinajstić information content (AvgIpc) is 3.37. The SMILES string of the molecule is CC(C)c1nn(C)c(N2CCOCC2)c1CNCc1ccc(Cn2ccnc2)cc1. The highest BCUT2D eigenvalue weighted by Crippen LogP contribution is 2.29. The highest BCUT2D eigenvalue weighted by molar-refractivity contribution is 5.51. The molecule has 1 aliphatic heterocycles. The average molecular weight is 409 g/mol. The third-order valence-electron chi connectivity index (χ3n) is 5.58. The predicted octanol–water partition coefficient (Wildman–Crippen LogP) is 2.91. The van der Waals surface area contributed by atoms with Crippen molar-refractivity contribution in [1.29, 1.82) is 0 Å². The Kier molecular flexibility index (Phi) is 6.50. The Bertz CT molecular complexity index is 924. The van der Waals surface area contributed by atoms with Crippen LogP contribution in [0.2, 0.25) is 0 Å². The highest BCUT2D eigenvalue weighted by atomic mass is 16.5. The van der Waals surface area contributed by atoms with Crippen molar-refractivity contribution < 1.29 is 4.74 Å². The van der Waals surface area contributed by atoms with Crippen molar-refractivity contribution in [2.45, 2.75) is 39.4 Å². The summed E-state index contributed by atoms with van der Waals surface area (Å²) in [4.78, 5) is 6.51.